The van der Waals surface area contributed by atoms with Gasteiger partial charge in [0.05, 0.1) is 0 Å². The average molecular weight is 488 g/mol. The van der Waals surface area contributed by atoms with Crippen LogP contribution in [0.15, 0.2) is 0 Å². The normalized spacial score (nSPS) is 8.15. The molecule has 0 aliphatic rings. The second-order valence-electron chi connectivity index (χ2n) is 4.35. The smallest absolute Gasteiger partial charge is 0.412 e. The minimum atomic E-state index is 0. The standard InChI is InChI=1S/3C5H11NS2.Na.H2O/c3*1-3-6(4-2)5(7)8;;/h3*3-4H2,1-2H3,(H,7,8);;1H2/q;;;+1;/p-1. The molecule has 0 rings (SSSR count). The van der Waals surface area contributed by atoms with Crippen molar-refractivity contribution in [2.24, 2.45) is 0 Å². The Morgan fingerprint density at radius 2 is 0.846 bits per heavy atom. The van der Waals surface area contributed by atoms with Crippen molar-refractivity contribution in [2.75, 3.05) is 39.3 Å². The first-order chi connectivity index (χ1) is 11.2. The largest absolute Gasteiger partial charge is 1.00 e. The summed E-state index contributed by atoms with van der Waals surface area (Å²) in [6.45, 7) is 18.0. The van der Waals surface area contributed by atoms with E-state index in [1.807, 2.05) is 28.5 Å². The van der Waals surface area contributed by atoms with E-state index in [9.17, 15) is 0 Å². The molecule has 0 unspecified atom stereocenters. The van der Waals surface area contributed by atoms with Crippen LogP contribution in [0.3, 0.4) is 0 Å². The molecule has 0 radical (unpaired) electrons. The summed E-state index contributed by atoms with van der Waals surface area (Å²) in [6, 6.07) is 0. The van der Waals surface area contributed by atoms with Gasteiger partial charge in [0.25, 0.3) is 0 Å². The van der Waals surface area contributed by atoms with Crippen molar-refractivity contribution in [3.8, 4) is 0 Å². The van der Waals surface area contributed by atoms with Gasteiger partial charge in [-0.1, -0.05) is 28.8 Å². The number of thiol groups is 2. The average Bonchev–Trinajstić information content (AvgIpc) is 2.51. The van der Waals surface area contributed by atoms with Crippen LogP contribution in [0.1, 0.15) is 41.5 Å². The van der Waals surface area contributed by atoms with Crippen molar-refractivity contribution >= 4 is 87.5 Å². The Balaban J connectivity index is -0.0000000817. The van der Waals surface area contributed by atoms with Gasteiger partial charge in [0.15, 0.2) is 0 Å². The van der Waals surface area contributed by atoms with Crippen molar-refractivity contribution in [3.05, 3.63) is 0 Å². The molecule has 0 fully saturated rings. The van der Waals surface area contributed by atoms with Crippen LogP contribution in [0.25, 0.3) is 0 Å². The van der Waals surface area contributed by atoms with Crippen LogP contribution in [-0.4, -0.2) is 72.4 Å². The fourth-order valence-electron chi connectivity index (χ4n) is 1.47. The molecule has 4 nitrogen and oxygen atoms in total. The van der Waals surface area contributed by atoms with Gasteiger partial charge in [0.1, 0.15) is 8.64 Å². The van der Waals surface area contributed by atoms with Crippen molar-refractivity contribution in [3.63, 3.8) is 0 Å². The van der Waals surface area contributed by atoms with Crippen LogP contribution in [0, 0.1) is 0 Å². The van der Waals surface area contributed by atoms with E-state index in [1.165, 1.54) is 0 Å². The van der Waals surface area contributed by atoms with Crippen LogP contribution in [0.4, 0.5) is 0 Å². The van der Waals surface area contributed by atoms with Crippen molar-refractivity contribution in [1.82, 2.24) is 14.7 Å². The Kier molecular flexibility index (Phi) is 39.0. The number of thiocarbonyl (C=S) groups is 3. The molecule has 0 spiro atoms. The van der Waals surface area contributed by atoms with Crippen LogP contribution in [0.5, 0.6) is 0 Å². The van der Waals surface area contributed by atoms with Gasteiger partial charge in [-0.05, 0) is 41.5 Å². The zero-order valence-corrected chi connectivity index (χ0v) is 24.2. The third kappa shape index (κ3) is 23.6. The molecule has 26 heavy (non-hydrogen) atoms. The zero-order valence-electron chi connectivity index (χ0n) is 17.1. The summed E-state index contributed by atoms with van der Waals surface area (Å²) in [5, 5.41) is 0. The maximum Gasteiger partial charge on any atom is 1.00 e. The summed E-state index contributed by atoms with van der Waals surface area (Å²) in [4.78, 5) is 5.99. The molecule has 0 aliphatic heterocycles. The maximum absolute atomic E-state index is 4.81. The van der Waals surface area contributed by atoms with Crippen molar-refractivity contribution in [1.29, 1.82) is 0 Å². The molecule has 11 heteroatoms. The van der Waals surface area contributed by atoms with Gasteiger partial charge in [-0.25, -0.2) is 0 Å². The molecule has 0 saturated heterocycles. The fourth-order valence-corrected chi connectivity index (χ4v) is 3.07. The van der Waals surface area contributed by atoms with Gasteiger partial charge in [0, 0.05) is 39.3 Å². The monoisotopic (exact) mass is 487 g/mol. The number of nitrogens with zero attached hydrogens (tertiary/aromatic N) is 3. The summed E-state index contributed by atoms with van der Waals surface area (Å²) < 4.78 is 1.96. The van der Waals surface area contributed by atoms with E-state index in [2.05, 4.69) is 53.0 Å². The van der Waals surface area contributed by atoms with E-state index >= 15 is 0 Å². The quantitative estimate of drug-likeness (QED) is 0.244. The van der Waals surface area contributed by atoms with Gasteiger partial charge in [0.2, 0.25) is 0 Å². The summed E-state index contributed by atoms with van der Waals surface area (Å²) in [7, 11) is 0. The van der Waals surface area contributed by atoms with E-state index < -0.39 is 0 Å². The molecule has 0 amide bonds. The molecule has 0 aliphatic carbocycles. The molecule has 0 saturated carbocycles. The third-order valence-corrected chi connectivity index (χ3v) is 4.69. The molecular formula is C15H34N3NaOS6. The Morgan fingerprint density at radius 1 is 0.654 bits per heavy atom. The number of hydrogen-bond acceptors (Lipinski definition) is 4. The Bertz CT molecular complexity index is 300. The first-order valence-electron chi connectivity index (χ1n) is 8.07. The molecule has 0 aromatic rings. The van der Waals surface area contributed by atoms with E-state index in [4.69, 9.17) is 49.3 Å². The van der Waals surface area contributed by atoms with Gasteiger partial charge in [-0.15, -0.1) is 25.3 Å². The molecule has 0 atom stereocenters. The first-order valence-corrected chi connectivity index (χ1v) is 10.6. The molecule has 2 N–H and O–H groups in total. The second kappa shape index (κ2) is 26.6. The minimum absolute atomic E-state index is 0. The Labute approximate surface area is 216 Å². The molecule has 0 bridgehead atoms. The number of hydrogen-bond donors (Lipinski definition) is 2. The summed E-state index contributed by atoms with van der Waals surface area (Å²) in [5.74, 6) is 0. The number of rotatable bonds is 6. The van der Waals surface area contributed by atoms with Crippen LogP contribution >= 0.6 is 61.9 Å². The predicted octanol–water partition coefficient (Wildman–Crippen LogP) is 0.425. The SMILES string of the molecule is CCN(CC)C(=S)S.CCN(CC)C(=S)S.CCN(CC)C(=S)[S-].O.[Na+]. The zero-order chi connectivity index (χ0) is 19.7. The summed E-state index contributed by atoms with van der Waals surface area (Å²) in [6.07, 6.45) is 0. The Morgan fingerprint density at radius 3 is 0.846 bits per heavy atom. The van der Waals surface area contributed by atoms with Gasteiger partial charge >= 0.3 is 29.6 Å². The van der Waals surface area contributed by atoms with Gasteiger partial charge < -0.3 is 45.0 Å². The van der Waals surface area contributed by atoms with E-state index in [0.717, 1.165) is 39.3 Å². The Hall–Kier alpha value is 1.55. The third-order valence-electron chi connectivity index (χ3n) is 3.09. The van der Waals surface area contributed by atoms with E-state index in [1.54, 1.807) is 0 Å². The van der Waals surface area contributed by atoms with Crippen LogP contribution in [-0.2, 0) is 12.6 Å². The summed E-state index contributed by atoms with van der Waals surface area (Å²) in [5.41, 5.74) is 0. The summed E-state index contributed by atoms with van der Waals surface area (Å²) >= 11 is 27.1. The topological polar surface area (TPSA) is 41.2 Å². The molecule has 0 aromatic heterocycles. The van der Waals surface area contributed by atoms with Crippen LogP contribution < -0.4 is 29.6 Å². The molecule has 0 aromatic carbocycles. The van der Waals surface area contributed by atoms with E-state index in [0.29, 0.717) is 13.0 Å². The van der Waals surface area contributed by atoms with Gasteiger partial charge in [-0.2, -0.15) is 0 Å². The maximum atomic E-state index is 4.81. The minimum Gasteiger partial charge on any atom is -0.412 e. The van der Waals surface area contributed by atoms with Crippen molar-refractivity contribution in [2.45, 2.75) is 41.5 Å². The first kappa shape index (κ1) is 38.2. The second-order valence-corrected chi connectivity index (χ2v) is 7.61. The van der Waals surface area contributed by atoms with Crippen LogP contribution in [0.2, 0.25) is 0 Å². The fraction of sp³-hybridized carbons (Fsp3) is 0.800. The predicted molar refractivity (Wildman–Crippen MR) is 136 cm³/mol. The molecular weight excluding hydrogens is 454 g/mol. The van der Waals surface area contributed by atoms with Gasteiger partial charge in [-0.3, -0.25) is 0 Å². The molecule has 152 valence electrons. The molecule has 0 heterocycles. The van der Waals surface area contributed by atoms with E-state index in [-0.39, 0.29) is 35.0 Å². The van der Waals surface area contributed by atoms with Crippen molar-refractivity contribution < 1.29 is 35.0 Å².